The third-order valence-corrected chi connectivity index (χ3v) is 2.23. The van der Waals surface area contributed by atoms with Crippen molar-refractivity contribution in [2.75, 3.05) is 6.54 Å². The van der Waals surface area contributed by atoms with Crippen LogP contribution in [0, 0.1) is 5.92 Å². The highest BCUT2D eigenvalue weighted by atomic mass is 16.3. The first kappa shape index (κ1) is 8.53. The molecule has 1 aliphatic carbocycles. The minimum atomic E-state index is -0.193. The summed E-state index contributed by atoms with van der Waals surface area (Å²) in [6.07, 6.45) is 2.83. The number of nitrogens with one attached hydrogen (secondary N) is 1. The van der Waals surface area contributed by atoms with Gasteiger partial charge in [0.05, 0.1) is 6.10 Å². The Morgan fingerprint density at radius 2 is 2.36 bits per heavy atom. The summed E-state index contributed by atoms with van der Waals surface area (Å²) in [4.78, 5) is 10.5. The number of carbonyl (C=O) groups excluding carboxylic acids is 1. The van der Waals surface area contributed by atoms with Gasteiger partial charge in [-0.25, -0.2) is 0 Å². The quantitative estimate of drug-likeness (QED) is 0.605. The van der Waals surface area contributed by atoms with Crippen LogP contribution in [-0.2, 0) is 4.79 Å². The molecule has 0 heterocycles. The lowest BCUT2D eigenvalue weighted by Crippen LogP contribution is -2.30. The van der Waals surface area contributed by atoms with Crippen LogP contribution in [0.3, 0.4) is 0 Å². The Labute approximate surface area is 66.8 Å². The summed E-state index contributed by atoms with van der Waals surface area (Å²) in [5.41, 5.74) is 0. The van der Waals surface area contributed by atoms with Gasteiger partial charge in [-0.05, 0) is 12.8 Å². The first-order valence-electron chi connectivity index (χ1n) is 4.12. The lowest BCUT2D eigenvalue weighted by atomic mass is 10.1. The Hall–Kier alpha value is -0.570. The molecule has 0 saturated heterocycles. The van der Waals surface area contributed by atoms with Gasteiger partial charge in [0.1, 0.15) is 0 Å². The van der Waals surface area contributed by atoms with Crippen molar-refractivity contribution in [3.8, 4) is 0 Å². The molecule has 11 heavy (non-hydrogen) atoms. The standard InChI is InChI=1S/C8H15NO2/c1-6(10)9-5-7-3-2-4-8(7)11/h7-8,11H,2-5H2,1H3,(H,9,10). The van der Waals surface area contributed by atoms with Crippen LogP contribution < -0.4 is 5.32 Å². The summed E-state index contributed by atoms with van der Waals surface area (Å²) in [7, 11) is 0. The summed E-state index contributed by atoms with van der Waals surface area (Å²) >= 11 is 0. The van der Waals surface area contributed by atoms with E-state index in [4.69, 9.17) is 0 Å². The van der Waals surface area contributed by atoms with Crippen LogP contribution in [0.15, 0.2) is 0 Å². The molecule has 0 radical (unpaired) electrons. The molecule has 2 unspecified atom stereocenters. The number of rotatable bonds is 2. The molecule has 0 aliphatic heterocycles. The molecule has 64 valence electrons. The first-order chi connectivity index (χ1) is 5.20. The van der Waals surface area contributed by atoms with Gasteiger partial charge in [-0.1, -0.05) is 6.42 Å². The Bertz CT molecular complexity index is 147. The minimum absolute atomic E-state index is 0.0101. The molecule has 1 aliphatic rings. The first-order valence-corrected chi connectivity index (χ1v) is 4.12. The third-order valence-electron chi connectivity index (χ3n) is 2.23. The van der Waals surface area contributed by atoms with Crippen LogP contribution in [0.1, 0.15) is 26.2 Å². The largest absolute Gasteiger partial charge is 0.393 e. The number of aliphatic hydroxyl groups is 1. The number of aliphatic hydroxyl groups excluding tert-OH is 1. The summed E-state index contributed by atoms with van der Waals surface area (Å²) < 4.78 is 0. The number of hydrogen-bond acceptors (Lipinski definition) is 2. The Morgan fingerprint density at radius 1 is 1.64 bits per heavy atom. The van der Waals surface area contributed by atoms with E-state index in [1.54, 1.807) is 0 Å². The second-order valence-corrected chi connectivity index (χ2v) is 3.20. The zero-order chi connectivity index (χ0) is 8.27. The van der Waals surface area contributed by atoms with Gasteiger partial charge in [-0.15, -0.1) is 0 Å². The number of hydrogen-bond donors (Lipinski definition) is 2. The fraction of sp³-hybridized carbons (Fsp3) is 0.875. The zero-order valence-corrected chi connectivity index (χ0v) is 6.84. The summed E-state index contributed by atoms with van der Waals surface area (Å²) in [5.74, 6) is 0.281. The van der Waals surface area contributed by atoms with Crippen molar-refractivity contribution in [3.63, 3.8) is 0 Å². The van der Waals surface area contributed by atoms with Crippen molar-refractivity contribution in [1.82, 2.24) is 5.32 Å². The molecule has 0 aromatic carbocycles. The van der Waals surface area contributed by atoms with Crippen molar-refractivity contribution >= 4 is 5.91 Å². The average molecular weight is 157 g/mol. The molecule has 0 aromatic heterocycles. The molecule has 1 amide bonds. The number of carbonyl (C=O) groups is 1. The van der Waals surface area contributed by atoms with Crippen LogP contribution in [0.2, 0.25) is 0 Å². The van der Waals surface area contributed by atoms with Crippen LogP contribution in [-0.4, -0.2) is 23.7 Å². The SMILES string of the molecule is CC(=O)NCC1CCCC1O. The fourth-order valence-corrected chi connectivity index (χ4v) is 1.53. The Morgan fingerprint density at radius 3 is 2.82 bits per heavy atom. The van der Waals surface area contributed by atoms with Gasteiger partial charge >= 0.3 is 0 Å². The maximum Gasteiger partial charge on any atom is 0.216 e. The van der Waals surface area contributed by atoms with Gasteiger partial charge in [0.15, 0.2) is 0 Å². The van der Waals surface area contributed by atoms with E-state index >= 15 is 0 Å². The molecular formula is C8H15NO2. The normalized spacial score (nSPS) is 30.4. The van der Waals surface area contributed by atoms with E-state index in [1.165, 1.54) is 6.92 Å². The zero-order valence-electron chi connectivity index (χ0n) is 6.84. The molecule has 0 spiro atoms. The van der Waals surface area contributed by atoms with Crippen LogP contribution in [0.25, 0.3) is 0 Å². The highest BCUT2D eigenvalue weighted by Crippen LogP contribution is 2.24. The van der Waals surface area contributed by atoms with E-state index < -0.39 is 0 Å². The monoisotopic (exact) mass is 157 g/mol. The summed E-state index contributed by atoms with van der Waals surface area (Å²) in [5, 5.41) is 12.1. The molecule has 3 heteroatoms. The van der Waals surface area contributed by atoms with Crippen molar-refractivity contribution < 1.29 is 9.90 Å². The molecular weight excluding hydrogens is 142 g/mol. The van der Waals surface area contributed by atoms with E-state index in [9.17, 15) is 9.90 Å². The molecule has 2 N–H and O–H groups in total. The molecule has 0 aromatic rings. The molecule has 2 atom stereocenters. The summed E-state index contributed by atoms with van der Waals surface area (Å²) in [6, 6.07) is 0. The highest BCUT2D eigenvalue weighted by molar-refractivity contribution is 5.72. The van der Waals surface area contributed by atoms with Gasteiger partial charge in [0, 0.05) is 19.4 Å². The predicted octanol–water partition coefficient (Wildman–Crippen LogP) is 0.283. The second-order valence-electron chi connectivity index (χ2n) is 3.20. The van der Waals surface area contributed by atoms with Crippen LogP contribution in [0.5, 0.6) is 0 Å². The fourth-order valence-electron chi connectivity index (χ4n) is 1.53. The topological polar surface area (TPSA) is 49.3 Å². The molecule has 1 saturated carbocycles. The van der Waals surface area contributed by atoms with Crippen molar-refractivity contribution in [3.05, 3.63) is 0 Å². The lowest BCUT2D eigenvalue weighted by Gasteiger charge is -2.13. The van der Waals surface area contributed by atoms with Gasteiger partial charge < -0.3 is 10.4 Å². The van der Waals surface area contributed by atoms with Gasteiger partial charge in [0.2, 0.25) is 5.91 Å². The van der Waals surface area contributed by atoms with E-state index in [-0.39, 0.29) is 12.0 Å². The lowest BCUT2D eigenvalue weighted by molar-refractivity contribution is -0.119. The van der Waals surface area contributed by atoms with E-state index in [2.05, 4.69) is 5.32 Å². The molecule has 3 nitrogen and oxygen atoms in total. The number of amides is 1. The van der Waals surface area contributed by atoms with Crippen LogP contribution >= 0.6 is 0 Å². The molecule has 0 bridgehead atoms. The maximum absolute atomic E-state index is 10.5. The molecule has 1 fully saturated rings. The van der Waals surface area contributed by atoms with Crippen molar-refractivity contribution in [2.45, 2.75) is 32.3 Å². The Kier molecular flexibility index (Phi) is 2.88. The minimum Gasteiger partial charge on any atom is -0.393 e. The highest BCUT2D eigenvalue weighted by Gasteiger charge is 2.24. The Balaban J connectivity index is 2.20. The second kappa shape index (κ2) is 3.72. The van der Waals surface area contributed by atoms with E-state index in [0.717, 1.165) is 19.3 Å². The smallest absolute Gasteiger partial charge is 0.216 e. The van der Waals surface area contributed by atoms with Crippen molar-refractivity contribution in [2.24, 2.45) is 5.92 Å². The molecule has 1 rings (SSSR count). The maximum atomic E-state index is 10.5. The van der Waals surface area contributed by atoms with Crippen molar-refractivity contribution in [1.29, 1.82) is 0 Å². The average Bonchev–Trinajstić information content (AvgIpc) is 2.31. The van der Waals surface area contributed by atoms with E-state index in [0.29, 0.717) is 12.5 Å². The van der Waals surface area contributed by atoms with E-state index in [1.807, 2.05) is 0 Å². The van der Waals surface area contributed by atoms with Gasteiger partial charge in [-0.3, -0.25) is 4.79 Å². The van der Waals surface area contributed by atoms with Gasteiger partial charge in [-0.2, -0.15) is 0 Å². The summed E-state index contributed by atoms with van der Waals surface area (Å²) in [6.45, 7) is 2.14. The van der Waals surface area contributed by atoms with Gasteiger partial charge in [0.25, 0.3) is 0 Å². The predicted molar refractivity (Wildman–Crippen MR) is 42.0 cm³/mol. The van der Waals surface area contributed by atoms with Crippen LogP contribution in [0.4, 0.5) is 0 Å². The third kappa shape index (κ3) is 2.50.